The molecule has 1 aliphatic rings. The highest BCUT2D eigenvalue weighted by atomic mass is 28.4. The summed E-state index contributed by atoms with van der Waals surface area (Å²) >= 11 is 0. The average molecular weight is 519 g/mol. The lowest BCUT2D eigenvalue weighted by atomic mass is 9.85. The van der Waals surface area contributed by atoms with Crippen molar-refractivity contribution in [3.05, 3.63) is 72.8 Å². The Labute approximate surface area is 224 Å². The highest BCUT2D eigenvalue weighted by Crippen LogP contribution is 2.38. The van der Waals surface area contributed by atoms with Gasteiger partial charge in [-0.05, 0) is 34.2 Å². The molecule has 0 radical (unpaired) electrons. The Kier molecular flexibility index (Phi) is 9.58. The number of aliphatic hydroxyl groups excluding tert-OH is 1. The minimum atomic E-state index is -2.85. The van der Waals surface area contributed by atoms with Gasteiger partial charge in [0.15, 0.2) is 0 Å². The first-order valence-electron chi connectivity index (χ1n) is 13.3. The van der Waals surface area contributed by atoms with Crippen LogP contribution in [0.25, 0.3) is 0 Å². The molecular formula is C32H42O4Si. The van der Waals surface area contributed by atoms with Crippen LogP contribution in [-0.2, 0) is 14.0 Å². The lowest BCUT2D eigenvalue weighted by Crippen LogP contribution is -2.68. The zero-order chi connectivity index (χ0) is 27.2. The monoisotopic (exact) mass is 518 g/mol. The zero-order valence-electron chi connectivity index (χ0n) is 23.1. The SMILES string of the molecule is C#C[C@H](O[Si](c1ccccc1)(c1ccccc1)C(C)(C)C)[C@H](C)[C@@H](O)CC[C@H](C)[C@@H]1OC(=O)C=C[C@@H]1C. The van der Waals surface area contributed by atoms with Crippen molar-refractivity contribution in [1.82, 2.24) is 0 Å². The molecule has 2 aromatic carbocycles. The predicted octanol–water partition coefficient (Wildman–Crippen LogP) is 5.10. The number of hydrogen-bond acceptors (Lipinski definition) is 4. The van der Waals surface area contributed by atoms with Crippen molar-refractivity contribution < 1.29 is 19.1 Å². The van der Waals surface area contributed by atoms with Crippen molar-refractivity contribution in [3.63, 3.8) is 0 Å². The number of carbonyl (C=O) groups excluding carboxylic acids is 1. The van der Waals surface area contributed by atoms with Crippen molar-refractivity contribution in [1.29, 1.82) is 0 Å². The fourth-order valence-electron chi connectivity index (χ4n) is 5.49. The predicted molar refractivity (Wildman–Crippen MR) is 153 cm³/mol. The number of rotatable bonds is 10. The van der Waals surface area contributed by atoms with Crippen molar-refractivity contribution in [3.8, 4) is 12.3 Å². The maximum Gasteiger partial charge on any atom is 0.330 e. The minimum absolute atomic E-state index is 0.118. The summed E-state index contributed by atoms with van der Waals surface area (Å²) < 4.78 is 12.7. The van der Waals surface area contributed by atoms with Gasteiger partial charge in [0.25, 0.3) is 8.32 Å². The number of benzene rings is 2. The quantitative estimate of drug-likeness (QED) is 0.270. The maximum atomic E-state index is 11.8. The summed E-state index contributed by atoms with van der Waals surface area (Å²) in [5, 5.41) is 13.3. The molecule has 0 aliphatic carbocycles. The van der Waals surface area contributed by atoms with Gasteiger partial charge in [-0.1, -0.05) is 114 Å². The van der Waals surface area contributed by atoms with Crippen molar-refractivity contribution in [2.75, 3.05) is 0 Å². The third-order valence-electron chi connectivity index (χ3n) is 7.75. The minimum Gasteiger partial charge on any atom is -0.458 e. The molecule has 0 fully saturated rings. The van der Waals surface area contributed by atoms with E-state index in [-0.39, 0.29) is 34.9 Å². The summed E-state index contributed by atoms with van der Waals surface area (Å²) in [6.45, 7) is 12.8. The second-order valence-corrected chi connectivity index (χ2v) is 15.7. The third-order valence-corrected chi connectivity index (χ3v) is 12.8. The van der Waals surface area contributed by atoms with Crippen LogP contribution >= 0.6 is 0 Å². The molecule has 5 heteroatoms. The molecule has 4 nitrogen and oxygen atoms in total. The summed E-state index contributed by atoms with van der Waals surface area (Å²) in [5.41, 5.74) is 0. The second-order valence-electron chi connectivity index (χ2n) is 11.5. The molecular weight excluding hydrogens is 476 g/mol. The van der Waals surface area contributed by atoms with E-state index in [1.165, 1.54) is 6.08 Å². The molecule has 0 amide bonds. The molecule has 6 atom stereocenters. The molecule has 3 rings (SSSR count). The van der Waals surface area contributed by atoms with Gasteiger partial charge in [-0.25, -0.2) is 4.79 Å². The van der Waals surface area contributed by atoms with Gasteiger partial charge in [0.1, 0.15) is 12.2 Å². The molecule has 1 N–H and O–H groups in total. The van der Waals surface area contributed by atoms with Crippen molar-refractivity contribution in [2.45, 2.75) is 77.7 Å². The van der Waals surface area contributed by atoms with E-state index in [1.807, 2.05) is 49.4 Å². The topological polar surface area (TPSA) is 55.8 Å². The Balaban J connectivity index is 1.84. The van der Waals surface area contributed by atoms with Gasteiger partial charge in [0.2, 0.25) is 0 Å². The van der Waals surface area contributed by atoms with Crippen LogP contribution in [0.3, 0.4) is 0 Å². The van der Waals surface area contributed by atoms with E-state index in [0.717, 1.165) is 16.8 Å². The normalized spacial score (nSPS) is 21.4. The number of carbonyl (C=O) groups is 1. The number of cyclic esters (lactones) is 1. The van der Waals surface area contributed by atoms with Crippen molar-refractivity contribution >= 4 is 24.7 Å². The Morgan fingerprint density at radius 2 is 1.57 bits per heavy atom. The second kappa shape index (κ2) is 12.3. The molecule has 0 unspecified atom stereocenters. The van der Waals surface area contributed by atoms with Crippen LogP contribution in [0.2, 0.25) is 5.04 Å². The molecule has 198 valence electrons. The standard InChI is InChI=1S/C32H42O4Si/c1-8-29(25(4)28(33)21-19-23(2)31-24(3)20-22-30(34)35-31)36-37(32(5,6)7,26-15-11-9-12-16-26)27-17-13-10-14-18-27/h1,9-18,20,22-25,28-29,31,33H,19,21H2,2-7H3/t23-,24-,25+,28-,29-,31-/m0/s1. The Morgan fingerprint density at radius 1 is 1.03 bits per heavy atom. The van der Waals surface area contributed by atoms with Crippen molar-refractivity contribution in [2.24, 2.45) is 17.8 Å². The lowest BCUT2D eigenvalue weighted by molar-refractivity contribution is -0.149. The van der Waals surface area contributed by atoms with E-state index >= 15 is 0 Å². The van der Waals surface area contributed by atoms with Gasteiger partial charge in [-0.2, -0.15) is 0 Å². The Bertz CT molecular complexity index is 1040. The van der Waals surface area contributed by atoms with E-state index in [2.05, 4.69) is 64.8 Å². The first-order valence-corrected chi connectivity index (χ1v) is 15.2. The first-order chi connectivity index (χ1) is 17.5. The summed E-state index contributed by atoms with van der Waals surface area (Å²) in [4.78, 5) is 11.8. The molecule has 0 spiro atoms. The van der Waals surface area contributed by atoms with Gasteiger partial charge in [0, 0.05) is 17.9 Å². The number of ether oxygens (including phenoxy) is 1. The van der Waals surface area contributed by atoms with E-state index in [1.54, 1.807) is 0 Å². The number of hydrogen-bond donors (Lipinski definition) is 1. The fourth-order valence-corrected chi connectivity index (χ4v) is 10.2. The molecule has 1 aliphatic heterocycles. The van der Waals surface area contributed by atoms with Crippen LogP contribution in [-0.4, -0.2) is 37.7 Å². The van der Waals surface area contributed by atoms with Crippen LogP contribution in [0.4, 0.5) is 0 Å². The lowest BCUT2D eigenvalue weighted by Gasteiger charge is -2.45. The smallest absolute Gasteiger partial charge is 0.330 e. The third kappa shape index (κ3) is 6.44. The van der Waals surface area contributed by atoms with Gasteiger partial charge in [-0.3, -0.25) is 0 Å². The number of terminal acetylenes is 1. The van der Waals surface area contributed by atoms with Gasteiger partial charge < -0.3 is 14.3 Å². The summed E-state index contributed by atoms with van der Waals surface area (Å²) in [5.74, 6) is 2.59. The van der Waals surface area contributed by atoms with E-state index in [4.69, 9.17) is 15.6 Å². The molecule has 37 heavy (non-hydrogen) atoms. The molecule has 1 heterocycles. The zero-order valence-corrected chi connectivity index (χ0v) is 24.1. The van der Waals surface area contributed by atoms with Crippen LogP contribution in [0.15, 0.2) is 72.8 Å². The highest BCUT2D eigenvalue weighted by molar-refractivity contribution is 6.99. The number of aliphatic hydroxyl groups is 1. The van der Waals surface area contributed by atoms with Crippen LogP contribution in [0.5, 0.6) is 0 Å². The van der Waals surface area contributed by atoms with E-state index in [0.29, 0.717) is 6.42 Å². The maximum absolute atomic E-state index is 11.8. The number of esters is 1. The summed E-state index contributed by atoms with van der Waals surface area (Å²) in [6, 6.07) is 20.8. The molecule has 0 saturated heterocycles. The average Bonchev–Trinajstić information content (AvgIpc) is 2.89. The van der Waals surface area contributed by atoms with Gasteiger partial charge in [0.05, 0.1) is 6.10 Å². The summed E-state index contributed by atoms with van der Waals surface area (Å²) in [6.07, 6.45) is 9.36. The Hall–Kier alpha value is -2.65. The first kappa shape index (κ1) is 28.9. The molecule has 0 bridgehead atoms. The van der Waals surface area contributed by atoms with Gasteiger partial charge >= 0.3 is 5.97 Å². The molecule has 2 aromatic rings. The molecule has 0 saturated carbocycles. The van der Waals surface area contributed by atoms with Crippen LogP contribution < -0.4 is 10.4 Å². The largest absolute Gasteiger partial charge is 0.458 e. The van der Waals surface area contributed by atoms with E-state index in [9.17, 15) is 9.90 Å². The van der Waals surface area contributed by atoms with Crippen LogP contribution in [0.1, 0.15) is 54.4 Å². The summed E-state index contributed by atoms with van der Waals surface area (Å²) in [7, 11) is -2.85. The van der Waals surface area contributed by atoms with Gasteiger partial charge in [-0.15, -0.1) is 6.42 Å². The fraction of sp³-hybridized carbons (Fsp3) is 0.469. The van der Waals surface area contributed by atoms with Crippen LogP contribution in [0, 0.1) is 30.1 Å². The van der Waals surface area contributed by atoms with E-state index < -0.39 is 20.5 Å². The Morgan fingerprint density at radius 3 is 2.05 bits per heavy atom. The molecule has 0 aromatic heterocycles. The highest BCUT2D eigenvalue weighted by Gasteiger charge is 2.52.